The first-order valence-electron chi connectivity index (χ1n) is 9.05. The van der Waals surface area contributed by atoms with Gasteiger partial charge in [0, 0.05) is 22.2 Å². The molecule has 0 radical (unpaired) electrons. The number of esters is 1. The van der Waals surface area contributed by atoms with E-state index in [0.717, 1.165) is 5.56 Å². The molecule has 0 aliphatic carbocycles. The molecule has 0 aliphatic heterocycles. The maximum Gasteiger partial charge on any atom is 0.331 e. The lowest BCUT2D eigenvalue weighted by molar-refractivity contribution is -0.150. The number of nitrogens with zero attached hydrogens (tertiary/aromatic N) is 2. The number of aryl methyl sites for hydroxylation is 1. The molecule has 2 aromatic carbocycles. The fourth-order valence-corrected chi connectivity index (χ4v) is 3.27. The van der Waals surface area contributed by atoms with Crippen LogP contribution in [0.4, 0.5) is 0 Å². The predicted octanol–water partition coefficient (Wildman–Crippen LogP) is 4.33. The van der Waals surface area contributed by atoms with Crippen LogP contribution in [0, 0.1) is 6.92 Å². The van der Waals surface area contributed by atoms with E-state index in [0.29, 0.717) is 33.5 Å². The molecule has 1 unspecified atom stereocenters. The molecule has 3 rings (SSSR count). The van der Waals surface area contributed by atoms with Crippen LogP contribution in [-0.4, -0.2) is 21.7 Å². The normalized spacial score (nSPS) is 12.1. The summed E-state index contributed by atoms with van der Waals surface area (Å²) < 4.78 is 6.86. The van der Waals surface area contributed by atoms with Gasteiger partial charge in [-0.05, 0) is 30.7 Å². The van der Waals surface area contributed by atoms with Gasteiger partial charge >= 0.3 is 5.97 Å². The molecule has 0 bridgehead atoms. The average Bonchev–Trinajstić information content (AvgIpc) is 2.99. The SMILES string of the molecule is Cc1nn(Cc2ccc(Cl)cc2)c(Cl)c1C=CC(=O)OC(C(N)=O)c1ccccc1. The first-order valence-corrected chi connectivity index (χ1v) is 9.81. The van der Waals surface area contributed by atoms with Gasteiger partial charge in [-0.15, -0.1) is 0 Å². The van der Waals surface area contributed by atoms with E-state index in [1.807, 2.05) is 12.1 Å². The maximum absolute atomic E-state index is 12.3. The van der Waals surface area contributed by atoms with E-state index in [-0.39, 0.29) is 0 Å². The number of hydrogen-bond acceptors (Lipinski definition) is 4. The van der Waals surface area contributed by atoms with Crippen LogP contribution in [0.1, 0.15) is 28.5 Å². The highest BCUT2D eigenvalue weighted by molar-refractivity contribution is 6.31. The minimum Gasteiger partial charge on any atom is -0.444 e. The molecular weight excluding hydrogens is 425 g/mol. The molecule has 0 saturated carbocycles. The second-order valence-corrected chi connectivity index (χ2v) is 7.33. The zero-order valence-electron chi connectivity index (χ0n) is 16.1. The Morgan fingerprint density at radius 2 is 1.80 bits per heavy atom. The highest BCUT2D eigenvalue weighted by Crippen LogP contribution is 2.23. The van der Waals surface area contributed by atoms with Crippen molar-refractivity contribution in [3.05, 3.63) is 93.2 Å². The van der Waals surface area contributed by atoms with Gasteiger partial charge in [0.15, 0.2) is 0 Å². The van der Waals surface area contributed by atoms with Crippen molar-refractivity contribution in [3.63, 3.8) is 0 Å². The minimum atomic E-state index is -1.17. The van der Waals surface area contributed by atoms with Crippen LogP contribution >= 0.6 is 23.2 Å². The molecule has 154 valence electrons. The molecule has 1 heterocycles. The Kier molecular flexibility index (Phi) is 6.92. The third-order valence-corrected chi connectivity index (χ3v) is 4.99. The van der Waals surface area contributed by atoms with Gasteiger partial charge < -0.3 is 10.5 Å². The number of ether oxygens (including phenoxy) is 1. The molecule has 2 N–H and O–H groups in total. The number of aromatic nitrogens is 2. The van der Waals surface area contributed by atoms with Crippen molar-refractivity contribution in [1.82, 2.24) is 9.78 Å². The molecule has 8 heteroatoms. The molecule has 0 spiro atoms. The van der Waals surface area contributed by atoms with Gasteiger partial charge in [0.2, 0.25) is 6.10 Å². The zero-order chi connectivity index (χ0) is 21.7. The standard InChI is InChI=1S/C22H19Cl2N3O3/c1-14-18(21(24)27(26-14)13-15-7-9-17(23)10-8-15)11-12-19(28)30-20(22(25)29)16-5-3-2-4-6-16/h2-12,20H,13H2,1H3,(H2,25,29). The molecule has 0 aliphatic rings. The van der Waals surface area contributed by atoms with Crippen LogP contribution in [0.3, 0.4) is 0 Å². The van der Waals surface area contributed by atoms with E-state index in [9.17, 15) is 9.59 Å². The zero-order valence-corrected chi connectivity index (χ0v) is 17.6. The van der Waals surface area contributed by atoms with Gasteiger partial charge in [0.05, 0.1) is 12.2 Å². The van der Waals surface area contributed by atoms with Gasteiger partial charge in [0.25, 0.3) is 5.91 Å². The summed E-state index contributed by atoms with van der Waals surface area (Å²) in [5.74, 6) is -1.48. The Balaban J connectivity index is 1.73. The lowest BCUT2D eigenvalue weighted by Gasteiger charge is -2.13. The molecule has 1 aromatic heterocycles. The Morgan fingerprint density at radius 3 is 2.43 bits per heavy atom. The first-order chi connectivity index (χ1) is 14.3. The number of nitrogens with two attached hydrogens (primary N) is 1. The minimum absolute atomic E-state index is 0.376. The van der Waals surface area contributed by atoms with Gasteiger partial charge in [-0.25, -0.2) is 9.48 Å². The van der Waals surface area contributed by atoms with E-state index in [2.05, 4.69) is 5.10 Å². The molecule has 0 saturated heterocycles. The highest BCUT2D eigenvalue weighted by atomic mass is 35.5. The second kappa shape index (κ2) is 9.61. The summed E-state index contributed by atoms with van der Waals surface area (Å²) in [7, 11) is 0. The van der Waals surface area contributed by atoms with Crippen LogP contribution < -0.4 is 5.73 Å². The average molecular weight is 444 g/mol. The quantitative estimate of drug-likeness (QED) is 0.434. The number of carbonyl (C=O) groups excluding carboxylic acids is 2. The largest absolute Gasteiger partial charge is 0.444 e. The lowest BCUT2D eigenvalue weighted by Crippen LogP contribution is -2.25. The Labute approximate surface area is 183 Å². The summed E-state index contributed by atoms with van der Waals surface area (Å²) >= 11 is 12.4. The topological polar surface area (TPSA) is 87.2 Å². The van der Waals surface area contributed by atoms with Crippen LogP contribution in [0.2, 0.25) is 10.2 Å². The number of halogens is 2. The molecule has 30 heavy (non-hydrogen) atoms. The predicted molar refractivity (Wildman–Crippen MR) is 116 cm³/mol. The first kappa shape index (κ1) is 21.6. The fraction of sp³-hybridized carbons (Fsp3) is 0.136. The van der Waals surface area contributed by atoms with E-state index in [1.165, 1.54) is 12.2 Å². The fourth-order valence-electron chi connectivity index (χ4n) is 2.85. The summed E-state index contributed by atoms with van der Waals surface area (Å²) in [5.41, 5.74) is 8.08. The van der Waals surface area contributed by atoms with E-state index >= 15 is 0 Å². The smallest absolute Gasteiger partial charge is 0.331 e. The maximum atomic E-state index is 12.3. The number of primary amides is 1. The van der Waals surface area contributed by atoms with E-state index in [4.69, 9.17) is 33.7 Å². The third kappa shape index (κ3) is 5.28. The Bertz CT molecular complexity index is 1080. The molecule has 0 fully saturated rings. The van der Waals surface area contributed by atoms with E-state index in [1.54, 1.807) is 54.1 Å². The Morgan fingerprint density at radius 1 is 1.13 bits per heavy atom. The van der Waals surface area contributed by atoms with Crippen molar-refractivity contribution >= 4 is 41.2 Å². The van der Waals surface area contributed by atoms with Crippen molar-refractivity contribution in [2.75, 3.05) is 0 Å². The van der Waals surface area contributed by atoms with Crippen molar-refractivity contribution < 1.29 is 14.3 Å². The third-order valence-electron chi connectivity index (χ3n) is 4.34. The van der Waals surface area contributed by atoms with Crippen molar-refractivity contribution in [1.29, 1.82) is 0 Å². The number of rotatable bonds is 7. The summed E-state index contributed by atoms with van der Waals surface area (Å²) in [6, 6.07) is 15.9. The number of carbonyl (C=O) groups is 2. The molecular formula is C22H19Cl2N3O3. The number of benzene rings is 2. The van der Waals surface area contributed by atoms with Crippen LogP contribution in [0.15, 0.2) is 60.7 Å². The number of hydrogen-bond donors (Lipinski definition) is 1. The van der Waals surface area contributed by atoms with Crippen molar-refractivity contribution in [3.8, 4) is 0 Å². The van der Waals surface area contributed by atoms with Crippen molar-refractivity contribution in [2.45, 2.75) is 19.6 Å². The second-order valence-electron chi connectivity index (χ2n) is 6.54. The highest BCUT2D eigenvalue weighted by Gasteiger charge is 2.21. The van der Waals surface area contributed by atoms with Gasteiger partial charge in [-0.1, -0.05) is 65.7 Å². The van der Waals surface area contributed by atoms with Crippen molar-refractivity contribution in [2.24, 2.45) is 5.73 Å². The Hall–Kier alpha value is -3.09. The van der Waals surface area contributed by atoms with E-state index < -0.39 is 18.0 Å². The van der Waals surface area contributed by atoms with Gasteiger partial charge in [-0.3, -0.25) is 4.79 Å². The molecule has 1 atom stereocenters. The summed E-state index contributed by atoms with van der Waals surface area (Å²) in [5, 5.41) is 5.44. The molecule has 3 aromatic rings. The lowest BCUT2D eigenvalue weighted by atomic mass is 10.1. The van der Waals surface area contributed by atoms with Crippen LogP contribution in [-0.2, 0) is 20.9 Å². The molecule has 6 nitrogen and oxygen atoms in total. The molecule has 1 amide bonds. The summed E-state index contributed by atoms with van der Waals surface area (Å²) in [4.78, 5) is 24.0. The van der Waals surface area contributed by atoms with Crippen LogP contribution in [0.25, 0.3) is 6.08 Å². The van der Waals surface area contributed by atoms with Gasteiger partial charge in [-0.2, -0.15) is 5.10 Å². The van der Waals surface area contributed by atoms with Gasteiger partial charge in [0.1, 0.15) is 5.15 Å². The number of amides is 1. The van der Waals surface area contributed by atoms with Crippen LogP contribution in [0.5, 0.6) is 0 Å². The summed E-state index contributed by atoms with van der Waals surface area (Å²) in [6.07, 6.45) is 1.53. The summed E-state index contributed by atoms with van der Waals surface area (Å²) in [6.45, 7) is 2.23. The monoisotopic (exact) mass is 443 g/mol.